The minimum atomic E-state index is -1.58. The van der Waals surface area contributed by atoms with Crippen LogP contribution in [0.2, 0.25) is 4.34 Å². The third kappa shape index (κ3) is 4.42. The Morgan fingerprint density at radius 2 is 2.17 bits per heavy atom. The molecule has 1 aromatic heterocycles. The van der Waals surface area contributed by atoms with Crippen molar-refractivity contribution >= 4 is 69.5 Å². The molecule has 2 aliphatic heterocycles. The van der Waals surface area contributed by atoms with E-state index in [0.717, 1.165) is 16.2 Å². The SMILES string of the molecule is Nc1nc(C(=NOCC(=O)O)C(=O)NC2C(=O)N3C(OC(=O)O)=CCS[C@@H]23)c(Cl)s1. The van der Waals surface area contributed by atoms with Crippen LogP contribution in [0.15, 0.2) is 17.1 Å². The molecule has 1 saturated heterocycles. The maximum atomic E-state index is 12.7. The fourth-order valence-corrected chi connectivity index (χ4v) is 4.61. The molecule has 0 bridgehead atoms. The Labute approximate surface area is 180 Å². The lowest BCUT2D eigenvalue weighted by Gasteiger charge is -2.47. The minimum absolute atomic E-state index is 0.00834. The van der Waals surface area contributed by atoms with Crippen molar-refractivity contribution < 1.29 is 39.0 Å². The number of ether oxygens (including phenoxy) is 1. The standard InChI is InChI=1S/C14H12ClN5O8S2/c15-9-6(18-13(16)30-9)7(19-27-3-5(21)22)10(23)17-8-11(24)20-4(28-14(25)26)1-2-29-12(8)20/h1,8,12H,2-3H2,(H2,16,18)(H,17,23)(H,21,22)(H,25,26)/t8?,12-/m0/s1. The summed E-state index contributed by atoms with van der Waals surface area (Å²) < 4.78 is 4.59. The van der Waals surface area contributed by atoms with E-state index in [0.29, 0.717) is 5.75 Å². The molecule has 5 N–H and O–H groups in total. The zero-order chi connectivity index (χ0) is 22.0. The maximum Gasteiger partial charge on any atom is 0.512 e. The van der Waals surface area contributed by atoms with Gasteiger partial charge in [0.1, 0.15) is 21.4 Å². The second kappa shape index (κ2) is 8.76. The molecule has 30 heavy (non-hydrogen) atoms. The van der Waals surface area contributed by atoms with E-state index in [-0.39, 0.29) is 21.0 Å². The van der Waals surface area contributed by atoms with Crippen molar-refractivity contribution in [2.75, 3.05) is 18.1 Å². The summed E-state index contributed by atoms with van der Waals surface area (Å²) in [5.74, 6) is -2.65. The third-order valence-electron chi connectivity index (χ3n) is 3.67. The minimum Gasteiger partial charge on any atom is -0.479 e. The first-order valence-corrected chi connectivity index (χ1v) is 10.1. The predicted molar refractivity (Wildman–Crippen MR) is 104 cm³/mol. The molecule has 3 heterocycles. The number of carbonyl (C=O) groups excluding carboxylic acids is 2. The van der Waals surface area contributed by atoms with Gasteiger partial charge in [-0.2, -0.15) is 0 Å². The number of hydrogen-bond donors (Lipinski definition) is 4. The van der Waals surface area contributed by atoms with E-state index < -0.39 is 47.7 Å². The molecule has 0 spiro atoms. The molecule has 16 heteroatoms. The average molecular weight is 478 g/mol. The number of halogens is 1. The van der Waals surface area contributed by atoms with Crippen molar-refractivity contribution in [3.63, 3.8) is 0 Å². The molecular weight excluding hydrogens is 466 g/mol. The van der Waals surface area contributed by atoms with Gasteiger partial charge in [0.2, 0.25) is 12.5 Å². The summed E-state index contributed by atoms with van der Waals surface area (Å²) in [7, 11) is 0. The first-order chi connectivity index (χ1) is 14.2. The fraction of sp³-hybridized carbons (Fsp3) is 0.286. The number of carboxylic acids is 1. The molecule has 2 amide bonds. The summed E-state index contributed by atoms with van der Waals surface area (Å²) in [4.78, 5) is 56.2. The molecule has 2 aliphatic rings. The van der Waals surface area contributed by atoms with Crippen molar-refractivity contribution in [1.29, 1.82) is 0 Å². The summed E-state index contributed by atoms with van der Waals surface area (Å²) >= 11 is 8.13. The highest BCUT2D eigenvalue weighted by Crippen LogP contribution is 2.38. The van der Waals surface area contributed by atoms with E-state index in [1.165, 1.54) is 17.8 Å². The number of aromatic nitrogens is 1. The van der Waals surface area contributed by atoms with Gasteiger partial charge in [0.25, 0.3) is 11.8 Å². The Morgan fingerprint density at radius 1 is 1.43 bits per heavy atom. The van der Waals surface area contributed by atoms with Gasteiger partial charge in [0.15, 0.2) is 10.8 Å². The number of rotatable bonds is 7. The molecule has 1 unspecified atom stereocenters. The number of hydrogen-bond acceptors (Lipinski definition) is 11. The number of fused-ring (bicyclic) bond motifs is 1. The van der Waals surface area contributed by atoms with Crippen molar-refractivity contribution in [2.45, 2.75) is 11.4 Å². The number of thioether (sulfide) groups is 1. The highest BCUT2D eigenvalue weighted by atomic mass is 35.5. The van der Waals surface area contributed by atoms with Gasteiger partial charge in [-0.05, 0) is 6.08 Å². The first-order valence-electron chi connectivity index (χ1n) is 7.89. The molecule has 0 aliphatic carbocycles. The lowest BCUT2D eigenvalue weighted by Crippen LogP contribution is -2.70. The van der Waals surface area contributed by atoms with E-state index >= 15 is 0 Å². The molecule has 0 radical (unpaired) electrons. The predicted octanol–water partition coefficient (Wildman–Crippen LogP) is 0.120. The van der Waals surface area contributed by atoms with Crippen LogP contribution in [0.25, 0.3) is 0 Å². The smallest absolute Gasteiger partial charge is 0.479 e. The van der Waals surface area contributed by atoms with Crippen molar-refractivity contribution in [3.8, 4) is 0 Å². The topological polar surface area (TPSA) is 194 Å². The second-order valence-corrected chi connectivity index (χ2v) is 8.36. The number of nitrogens with two attached hydrogens (primary N) is 1. The molecule has 160 valence electrons. The van der Waals surface area contributed by atoms with Crippen LogP contribution in [0.4, 0.5) is 9.93 Å². The van der Waals surface area contributed by atoms with Crippen LogP contribution in [-0.4, -0.2) is 73.5 Å². The largest absolute Gasteiger partial charge is 0.512 e. The van der Waals surface area contributed by atoms with Crippen LogP contribution in [-0.2, 0) is 24.0 Å². The molecule has 2 atom stereocenters. The number of aliphatic carboxylic acids is 1. The third-order valence-corrected chi connectivity index (χ3v) is 5.94. The van der Waals surface area contributed by atoms with Gasteiger partial charge >= 0.3 is 12.1 Å². The van der Waals surface area contributed by atoms with E-state index in [2.05, 4.69) is 25.0 Å². The second-order valence-electron chi connectivity index (χ2n) is 5.58. The van der Waals surface area contributed by atoms with Crippen molar-refractivity contribution in [1.82, 2.24) is 15.2 Å². The van der Waals surface area contributed by atoms with Crippen LogP contribution in [0, 0.1) is 0 Å². The number of thiazole rings is 1. The molecule has 1 fully saturated rings. The highest BCUT2D eigenvalue weighted by molar-refractivity contribution is 8.00. The summed E-state index contributed by atoms with van der Waals surface area (Å²) in [6.07, 6.45) is -0.150. The Bertz CT molecular complexity index is 980. The van der Waals surface area contributed by atoms with Gasteiger partial charge in [-0.3, -0.25) is 14.5 Å². The zero-order valence-corrected chi connectivity index (χ0v) is 17.0. The maximum absolute atomic E-state index is 12.7. The Balaban J connectivity index is 1.77. The number of β-lactam (4-membered cyclic amide) rings is 1. The van der Waals surface area contributed by atoms with Gasteiger partial charge in [-0.1, -0.05) is 28.1 Å². The van der Waals surface area contributed by atoms with E-state index in [4.69, 9.17) is 27.5 Å². The highest BCUT2D eigenvalue weighted by Gasteiger charge is 2.53. The average Bonchev–Trinajstić information content (AvgIpc) is 2.99. The van der Waals surface area contributed by atoms with E-state index in [1.54, 1.807) is 0 Å². The summed E-state index contributed by atoms with van der Waals surface area (Å²) in [5.41, 5.74) is 4.95. The molecule has 1 aromatic rings. The number of nitrogens with one attached hydrogen (secondary N) is 1. The van der Waals surface area contributed by atoms with Gasteiger partial charge in [0, 0.05) is 5.75 Å². The van der Waals surface area contributed by atoms with Crippen LogP contribution >= 0.6 is 34.7 Å². The van der Waals surface area contributed by atoms with Crippen LogP contribution in [0.5, 0.6) is 0 Å². The fourth-order valence-electron chi connectivity index (χ4n) is 2.52. The first kappa shape index (κ1) is 21.7. The summed E-state index contributed by atoms with van der Waals surface area (Å²) in [6.45, 7) is -0.830. The summed E-state index contributed by atoms with van der Waals surface area (Å²) in [6, 6.07) is -1.02. The van der Waals surface area contributed by atoms with Crippen LogP contribution in [0.1, 0.15) is 5.69 Å². The number of nitrogens with zero attached hydrogens (tertiary/aromatic N) is 3. The van der Waals surface area contributed by atoms with Crippen LogP contribution in [0.3, 0.4) is 0 Å². The van der Waals surface area contributed by atoms with Gasteiger partial charge in [-0.25, -0.2) is 14.6 Å². The van der Waals surface area contributed by atoms with Crippen molar-refractivity contribution in [3.05, 3.63) is 22.0 Å². The lowest BCUT2D eigenvalue weighted by molar-refractivity contribution is -0.148. The lowest BCUT2D eigenvalue weighted by atomic mass is 10.1. The Morgan fingerprint density at radius 3 is 2.77 bits per heavy atom. The Kier molecular flexibility index (Phi) is 6.33. The summed E-state index contributed by atoms with van der Waals surface area (Å²) in [5, 5.41) is 22.8. The van der Waals surface area contributed by atoms with E-state index in [9.17, 15) is 19.2 Å². The molecule has 3 rings (SSSR count). The molecule has 13 nitrogen and oxygen atoms in total. The van der Waals surface area contributed by atoms with Crippen molar-refractivity contribution in [2.24, 2.45) is 5.16 Å². The molecular formula is C14H12ClN5O8S2. The number of anilines is 1. The molecule has 0 saturated carbocycles. The van der Waals surface area contributed by atoms with Gasteiger partial charge < -0.3 is 30.8 Å². The number of nitrogen functional groups attached to an aromatic ring is 1. The zero-order valence-electron chi connectivity index (χ0n) is 14.6. The monoisotopic (exact) mass is 477 g/mol. The normalized spacial score (nSPS) is 20.6. The number of carboxylic acid groups (broad SMARTS) is 2. The molecule has 0 aromatic carbocycles. The van der Waals surface area contributed by atoms with E-state index in [1.807, 2.05) is 0 Å². The van der Waals surface area contributed by atoms with Gasteiger partial charge in [-0.15, -0.1) is 11.8 Å². The quantitative estimate of drug-likeness (QED) is 0.180. The number of amides is 2. The van der Waals surface area contributed by atoms with Crippen LogP contribution < -0.4 is 11.1 Å². The number of carbonyl (C=O) groups is 4. The Hall–Kier alpha value is -3.04. The number of oxime groups is 1. The van der Waals surface area contributed by atoms with Gasteiger partial charge in [0.05, 0.1) is 0 Å².